The fraction of sp³-hybridized carbons (Fsp3) is 0.316. The Labute approximate surface area is 164 Å². The monoisotopic (exact) mass is 410 g/mol. The number of aryl methyl sites for hydroxylation is 2. The predicted molar refractivity (Wildman–Crippen MR) is 107 cm³/mol. The SMILES string of the molecule is CCCNS(=O)(=O)c1ccc(OCC(=O)Nc2cc(C)cc(C)c2)c(Cl)c1. The molecule has 2 N–H and O–H groups in total. The number of anilines is 1. The summed E-state index contributed by atoms with van der Waals surface area (Å²) in [6.45, 7) is 5.87. The fourth-order valence-corrected chi connectivity index (χ4v) is 3.93. The predicted octanol–water partition coefficient (Wildman–Crippen LogP) is 3.66. The van der Waals surface area contributed by atoms with Crippen molar-refractivity contribution in [1.82, 2.24) is 4.72 Å². The van der Waals surface area contributed by atoms with Crippen molar-refractivity contribution < 1.29 is 17.9 Å². The van der Waals surface area contributed by atoms with E-state index in [0.717, 1.165) is 11.1 Å². The van der Waals surface area contributed by atoms with Gasteiger partial charge in [-0.2, -0.15) is 0 Å². The Bertz CT molecular complexity index is 909. The van der Waals surface area contributed by atoms with Crippen LogP contribution in [0.5, 0.6) is 5.75 Å². The van der Waals surface area contributed by atoms with Crippen molar-refractivity contribution in [3.8, 4) is 5.75 Å². The molecule has 0 unspecified atom stereocenters. The van der Waals surface area contributed by atoms with Crippen molar-refractivity contribution in [3.63, 3.8) is 0 Å². The Morgan fingerprint density at radius 3 is 2.37 bits per heavy atom. The minimum Gasteiger partial charge on any atom is -0.482 e. The molecule has 0 aliphatic carbocycles. The molecule has 2 aromatic carbocycles. The average molecular weight is 411 g/mol. The normalized spacial score (nSPS) is 11.3. The summed E-state index contributed by atoms with van der Waals surface area (Å²) in [5, 5.41) is 2.88. The Balaban J connectivity index is 2.00. The zero-order chi connectivity index (χ0) is 20.0. The van der Waals surface area contributed by atoms with Gasteiger partial charge in [-0.25, -0.2) is 13.1 Å². The second kappa shape index (κ2) is 9.21. The first-order valence-electron chi connectivity index (χ1n) is 8.51. The number of hydrogen-bond donors (Lipinski definition) is 2. The molecule has 0 bridgehead atoms. The quantitative estimate of drug-likeness (QED) is 0.695. The number of nitrogens with one attached hydrogen (secondary N) is 2. The molecule has 0 aliphatic rings. The Hall–Kier alpha value is -2.09. The first kappa shape index (κ1) is 21.2. The molecular formula is C19H23ClN2O4S. The average Bonchev–Trinajstić information content (AvgIpc) is 2.58. The second-order valence-electron chi connectivity index (χ2n) is 6.20. The van der Waals surface area contributed by atoms with Gasteiger partial charge in [-0.1, -0.05) is 24.6 Å². The third kappa shape index (κ3) is 6.23. The lowest BCUT2D eigenvalue weighted by molar-refractivity contribution is -0.118. The number of benzene rings is 2. The summed E-state index contributed by atoms with van der Waals surface area (Å²) in [7, 11) is -3.61. The molecule has 0 heterocycles. The maximum Gasteiger partial charge on any atom is 0.262 e. The van der Waals surface area contributed by atoms with Crippen molar-refractivity contribution in [2.75, 3.05) is 18.5 Å². The molecule has 0 aliphatic heterocycles. The summed E-state index contributed by atoms with van der Waals surface area (Å²) < 4.78 is 32.1. The van der Waals surface area contributed by atoms with Gasteiger partial charge in [-0.15, -0.1) is 0 Å². The van der Waals surface area contributed by atoms with E-state index in [4.69, 9.17) is 16.3 Å². The Morgan fingerprint density at radius 2 is 1.78 bits per heavy atom. The number of halogens is 1. The van der Waals surface area contributed by atoms with Crippen molar-refractivity contribution in [2.24, 2.45) is 0 Å². The van der Waals surface area contributed by atoms with E-state index >= 15 is 0 Å². The van der Waals surface area contributed by atoms with Crippen LogP contribution in [0.3, 0.4) is 0 Å². The number of rotatable bonds is 8. The molecule has 1 amide bonds. The van der Waals surface area contributed by atoms with E-state index in [1.807, 2.05) is 39.0 Å². The molecule has 0 saturated carbocycles. The minimum atomic E-state index is -3.61. The number of sulfonamides is 1. The van der Waals surface area contributed by atoms with Gasteiger partial charge in [0.05, 0.1) is 9.92 Å². The largest absolute Gasteiger partial charge is 0.482 e. The van der Waals surface area contributed by atoms with E-state index < -0.39 is 10.0 Å². The van der Waals surface area contributed by atoms with Gasteiger partial charge in [0.15, 0.2) is 6.61 Å². The smallest absolute Gasteiger partial charge is 0.262 e. The van der Waals surface area contributed by atoms with Crippen LogP contribution in [0.25, 0.3) is 0 Å². The fourth-order valence-electron chi connectivity index (χ4n) is 2.47. The number of ether oxygens (including phenoxy) is 1. The van der Waals surface area contributed by atoms with Crippen LogP contribution in [0.2, 0.25) is 5.02 Å². The third-order valence-corrected chi connectivity index (χ3v) is 5.37. The molecule has 0 fully saturated rings. The van der Waals surface area contributed by atoms with Gasteiger partial charge in [0.2, 0.25) is 10.0 Å². The third-order valence-electron chi connectivity index (χ3n) is 3.62. The van der Waals surface area contributed by atoms with E-state index in [2.05, 4.69) is 10.0 Å². The van der Waals surface area contributed by atoms with Gasteiger partial charge >= 0.3 is 0 Å². The summed E-state index contributed by atoms with van der Waals surface area (Å²) in [6.07, 6.45) is 0.684. The first-order chi connectivity index (χ1) is 12.7. The van der Waals surface area contributed by atoms with Crippen LogP contribution >= 0.6 is 11.6 Å². The van der Waals surface area contributed by atoms with Gasteiger partial charge in [0.25, 0.3) is 5.91 Å². The van der Waals surface area contributed by atoms with Crippen LogP contribution in [0.1, 0.15) is 24.5 Å². The maximum absolute atomic E-state index is 12.1. The maximum atomic E-state index is 12.1. The Morgan fingerprint density at radius 1 is 1.11 bits per heavy atom. The number of amides is 1. The highest BCUT2D eigenvalue weighted by molar-refractivity contribution is 7.89. The van der Waals surface area contributed by atoms with Crippen LogP contribution in [0.15, 0.2) is 41.3 Å². The molecule has 6 nitrogen and oxygen atoms in total. The van der Waals surface area contributed by atoms with Crippen molar-refractivity contribution >= 4 is 33.2 Å². The topological polar surface area (TPSA) is 84.5 Å². The highest BCUT2D eigenvalue weighted by Gasteiger charge is 2.16. The van der Waals surface area contributed by atoms with Gasteiger partial charge < -0.3 is 10.1 Å². The molecule has 0 spiro atoms. The molecule has 2 aromatic rings. The van der Waals surface area contributed by atoms with Crippen LogP contribution in [0, 0.1) is 13.8 Å². The lowest BCUT2D eigenvalue weighted by atomic mass is 10.1. The first-order valence-corrected chi connectivity index (χ1v) is 10.4. The van der Waals surface area contributed by atoms with E-state index in [-0.39, 0.29) is 28.2 Å². The molecule has 27 heavy (non-hydrogen) atoms. The van der Waals surface area contributed by atoms with Gasteiger partial charge in [0.1, 0.15) is 5.75 Å². The van der Waals surface area contributed by atoms with Crippen molar-refractivity contribution in [2.45, 2.75) is 32.1 Å². The van der Waals surface area contributed by atoms with Gasteiger partial charge in [0, 0.05) is 12.2 Å². The van der Waals surface area contributed by atoms with Crippen LogP contribution in [-0.4, -0.2) is 27.5 Å². The Kier molecular flexibility index (Phi) is 7.24. The van der Waals surface area contributed by atoms with Crippen molar-refractivity contribution in [3.05, 3.63) is 52.5 Å². The lowest BCUT2D eigenvalue weighted by Crippen LogP contribution is -2.24. The number of carbonyl (C=O) groups excluding carboxylic acids is 1. The van der Waals surface area contributed by atoms with E-state index in [1.165, 1.54) is 18.2 Å². The minimum absolute atomic E-state index is 0.0491. The molecular weight excluding hydrogens is 388 g/mol. The highest BCUT2D eigenvalue weighted by Crippen LogP contribution is 2.27. The van der Waals surface area contributed by atoms with Crippen LogP contribution < -0.4 is 14.8 Å². The van der Waals surface area contributed by atoms with Crippen molar-refractivity contribution in [1.29, 1.82) is 0 Å². The highest BCUT2D eigenvalue weighted by atomic mass is 35.5. The molecule has 0 saturated heterocycles. The van der Waals surface area contributed by atoms with E-state index in [9.17, 15) is 13.2 Å². The summed E-state index contributed by atoms with van der Waals surface area (Å²) in [5.74, 6) is -0.0981. The molecule has 146 valence electrons. The van der Waals surface area contributed by atoms with Gasteiger partial charge in [-0.3, -0.25) is 4.79 Å². The van der Waals surface area contributed by atoms with E-state index in [1.54, 1.807) is 0 Å². The summed E-state index contributed by atoms with van der Waals surface area (Å²) in [5.41, 5.74) is 2.78. The standard InChI is InChI=1S/C19H23ClN2O4S/c1-4-7-21-27(24,25)16-5-6-18(17(20)11-16)26-12-19(23)22-15-9-13(2)8-14(3)10-15/h5-6,8-11,21H,4,7,12H2,1-3H3,(H,22,23). The molecule has 0 aromatic heterocycles. The van der Waals surface area contributed by atoms with E-state index in [0.29, 0.717) is 18.7 Å². The zero-order valence-electron chi connectivity index (χ0n) is 15.5. The number of hydrogen-bond acceptors (Lipinski definition) is 4. The lowest BCUT2D eigenvalue weighted by Gasteiger charge is -2.11. The van der Waals surface area contributed by atoms with Crippen LogP contribution in [0.4, 0.5) is 5.69 Å². The number of carbonyl (C=O) groups is 1. The molecule has 0 radical (unpaired) electrons. The molecule has 0 atom stereocenters. The molecule has 2 rings (SSSR count). The zero-order valence-corrected chi connectivity index (χ0v) is 17.1. The van der Waals surface area contributed by atoms with Gasteiger partial charge in [-0.05, 0) is 61.7 Å². The summed E-state index contributed by atoms with van der Waals surface area (Å²) >= 11 is 6.11. The second-order valence-corrected chi connectivity index (χ2v) is 8.38. The van der Waals surface area contributed by atoms with Crippen LogP contribution in [-0.2, 0) is 14.8 Å². The summed E-state index contributed by atoms with van der Waals surface area (Å²) in [6, 6.07) is 9.86. The molecule has 8 heteroatoms. The summed E-state index contributed by atoms with van der Waals surface area (Å²) in [4.78, 5) is 12.1.